The number of hydrogen-bond donors (Lipinski definition) is 1. The van der Waals surface area contributed by atoms with Crippen molar-refractivity contribution in [2.45, 2.75) is 13.0 Å². The van der Waals surface area contributed by atoms with Gasteiger partial charge in [-0.2, -0.15) is 0 Å². The molecule has 14 heavy (non-hydrogen) atoms. The Labute approximate surface area is 80.7 Å². The summed E-state index contributed by atoms with van der Waals surface area (Å²) < 4.78 is 0. The van der Waals surface area contributed by atoms with Crippen molar-refractivity contribution in [2.24, 2.45) is 4.99 Å². The second-order valence-corrected chi connectivity index (χ2v) is 3.08. The van der Waals surface area contributed by atoms with Gasteiger partial charge in [-0.05, 0) is 17.2 Å². The summed E-state index contributed by atoms with van der Waals surface area (Å²) in [5.74, 6) is -0.0115. The fourth-order valence-electron chi connectivity index (χ4n) is 1.58. The predicted octanol–water partition coefficient (Wildman–Crippen LogP) is 1.02. The number of amides is 1. The molecule has 1 aliphatic heterocycles. The quantitative estimate of drug-likeness (QED) is 0.556. The monoisotopic (exact) mass is 188 g/mol. The predicted molar refractivity (Wildman–Crippen MR) is 50.6 cm³/mol. The Bertz CT molecular complexity index is 434. The molecule has 1 aromatic carbocycles. The average Bonchev–Trinajstić information content (AvgIpc) is 2.55. The first-order chi connectivity index (χ1) is 6.81. The van der Waals surface area contributed by atoms with Gasteiger partial charge in [0.15, 0.2) is 0 Å². The molecule has 0 bridgehead atoms. The summed E-state index contributed by atoms with van der Waals surface area (Å²) in [4.78, 5) is 24.6. The van der Waals surface area contributed by atoms with E-state index in [1.165, 1.54) is 6.08 Å². The summed E-state index contributed by atoms with van der Waals surface area (Å²) in [5, 5.41) is 2.74. The van der Waals surface area contributed by atoms with Gasteiger partial charge in [0, 0.05) is 5.69 Å². The molecule has 1 amide bonds. The van der Waals surface area contributed by atoms with Crippen LogP contribution in [0.3, 0.4) is 0 Å². The molecule has 4 heteroatoms. The maximum atomic E-state index is 11.1. The third kappa shape index (κ3) is 1.43. The van der Waals surface area contributed by atoms with Crippen molar-refractivity contribution >= 4 is 17.7 Å². The van der Waals surface area contributed by atoms with Crippen LogP contribution in [0.2, 0.25) is 0 Å². The third-order valence-electron chi connectivity index (χ3n) is 2.20. The number of fused-ring (bicyclic) bond motifs is 1. The van der Waals surface area contributed by atoms with Crippen LogP contribution in [0.4, 0.5) is 5.69 Å². The van der Waals surface area contributed by atoms with Gasteiger partial charge in [-0.1, -0.05) is 12.1 Å². The molecule has 4 nitrogen and oxygen atoms in total. The summed E-state index contributed by atoms with van der Waals surface area (Å²) >= 11 is 0. The Hall–Kier alpha value is -1.93. The molecule has 70 valence electrons. The van der Waals surface area contributed by atoms with E-state index in [9.17, 15) is 9.59 Å². The van der Waals surface area contributed by atoms with Crippen LogP contribution in [0.25, 0.3) is 0 Å². The zero-order valence-electron chi connectivity index (χ0n) is 7.41. The molecule has 0 unspecified atom stereocenters. The normalized spacial score (nSPS) is 13.0. The largest absolute Gasteiger partial charge is 0.326 e. The fraction of sp³-hybridized carbons (Fsp3) is 0.200. The highest BCUT2D eigenvalue weighted by molar-refractivity contribution is 5.99. The van der Waals surface area contributed by atoms with E-state index in [2.05, 4.69) is 10.3 Å². The topological polar surface area (TPSA) is 58.5 Å². The van der Waals surface area contributed by atoms with Crippen LogP contribution in [0.15, 0.2) is 23.2 Å². The van der Waals surface area contributed by atoms with Crippen LogP contribution in [0.5, 0.6) is 0 Å². The van der Waals surface area contributed by atoms with Crippen LogP contribution < -0.4 is 5.32 Å². The fourth-order valence-corrected chi connectivity index (χ4v) is 1.58. The Morgan fingerprint density at radius 2 is 2.36 bits per heavy atom. The van der Waals surface area contributed by atoms with Crippen LogP contribution in [-0.2, 0) is 22.6 Å². The van der Waals surface area contributed by atoms with E-state index < -0.39 is 0 Å². The molecular formula is C10H8N2O2. The van der Waals surface area contributed by atoms with E-state index in [0.717, 1.165) is 16.8 Å². The smallest absolute Gasteiger partial charge is 0.235 e. The van der Waals surface area contributed by atoms with Crippen molar-refractivity contribution in [3.63, 3.8) is 0 Å². The molecule has 0 radical (unpaired) electrons. The van der Waals surface area contributed by atoms with E-state index in [4.69, 9.17) is 0 Å². The van der Waals surface area contributed by atoms with E-state index in [1.54, 1.807) is 0 Å². The van der Waals surface area contributed by atoms with Crippen molar-refractivity contribution in [2.75, 3.05) is 5.32 Å². The molecular weight excluding hydrogens is 180 g/mol. The third-order valence-corrected chi connectivity index (χ3v) is 2.20. The standard InChI is InChI=1S/C10H8N2O2/c13-6-11-5-7-2-1-3-9-8(7)4-10(14)12-9/h1-3H,4-5H2,(H,12,14). The zero-order chi connectivity index (χ0) is 9.97. The van der Waals surface area contributed by atoms with Crippen LogP contribution in [0, 0.1) is 0 Å². The van der Waals surface area contributed by atoms with Gasteiger partial charge < -0.3 is 5.32 Å². The number of anilines is 1. The van der Waals surface area contributed by atoms with Crippen molar-refractivity contribution in [1.29, 1.82) is 0 Å². The zero-order valence-corrected chi connectivity index (χ0v) is 7.41. The summed E-state index contributed by atoms with van der Waals surface area (Å²) in [6.45, 7) is 0.293. The number of nitrogens with one attached hydrogen (secondary N) is 1. The molecule has 1 N–H and O–H groups in total. The molecule has 0 aliphatic carbocycles. The van der Waals surface area contributed by atoms with E-state index in [-0.39, 0.29) is 5.91 Å². The minimum atomic E-state index is -0.0115. The minimum Gasteiger partial charge on any atom is -0.326 e. The van der Waals surface area contributed by atoms with Gasteiger partial charge in [-0.25, -0.2) is 9.79 Å². The summed E-state index contributed by atoms with van der Waals surface area (Å²) in [5.41, 5.74) is 2.68. The second kappa shape index (κ2) is 3.44. The van der Waals surface area contributed by atoms with E-state index in [0.29, 0.717) is 13.0 Å². The number of rotatable bonds is 2. The van der Waals surface area contributed by atoms with Gasteiger partial charge in [0.05, 0.1) is 13.0 Å². The molecule has 1 aliphatic rings. The maximum Gasteiger partial charge on any atom is 0.235 e. The minimum absolute atomic E-state index is 0.0115. The Kier molecular flexibility index (Phi) is 2.13. The number of aliphatic imine (C=N–C) groups is 1. The molecule has 2 rings (SSSR count). The van der Waals surface area contributed by atoms with Gasteiger partial charge in [0.1, 0.15) is 0 Å². The summed E-state index contributed by atoms with van der Waals surface area (Å²) in [7, 11) is 0. The highest BCUT2D eigenvalue weighted by Gasteiger charge is 2.19. The number of hydrogen-bond acceptors (Lipinski definition) is 3. The summed E-state index contributed by atoms with van der Waals surface area (Å²) in [6, 6.07) is 5.54. The molecule has 0 fully saturated rings. The maximum absolute atomic E-state index is 11.1. The van der Waals surface area contributed by atoms with E-state index >= 15 is 0 Å². The lowest BCUT2D eigenvalue weighted by molar-refractivity contribution is -0.115. The Morgan fingerprint density at radius 3 is 3.14 bits per heavy atom. The number of carbonyl (C=O) groups excluding carboxylic acids is 2. The lowest BCUT2D eigenvalue weighted by Crippen LogP contribution is -2.03. The second-order valence-electron chi connectivity index (χ2n) is 3.08. The molecule has 0 aromatic heterocycles. The summed E-state index contributed by atoms with van der Waals surface area (Å²) in [6.07, 6.45) is 1.86. The first-order valence-corrected chi connectivity index (χ1v) is 4.25. The van der Waals surface area contributed by atoms with Gasteiger partial charge >= 0.3 is 0 Å². The van der Waals surface area contributed by atoms with Gasteiger partial charge in [0.2, 0.25) is 12.0 Å². The molecule has 1 heterocycles. The first-order valence-electron chi connectivity index (χ1n) is 4.25. The number of carbonyl (C=O) groups is 1. The van der Waals surface area contributed by atoms with Crippen LogP contribution >= 0.6 is 0 Å². The molecule has 0 atom stereocenters. The Morgan fingerprint density at radius 1 is 1.50 bits per heavy atom. The van der Waals surface area contributed by atoms with Crippen molar-refractivity contribution in [3.05, 3.63) is 29.3 Å². The van der Waals surface area contributed by atoms with E-state index in [1.807, 2.05) is 18.2 Å². The van der Waals surface area contributed by atoms with Crippen molar-refractivity contribution < 1.29 is 9.59 Å². The van der Waals surface area contributed by atoms with Gasteiger partial charge in [0.25, 0.3) is 0 Å². The number of nitrogens with zero attached hydrogens (tertiary/aromatic N) is 1. The molecule has 1 aromatic rings. The highest BCUT2D eigenvalue weighted by atomic mass is 16.1. The van der Waals surface area contributed by atoms with Crippen molar-refractivity contribution in [1.82, 2.24) is 0 Å². The van der Waals surface area contributed by atoms with Gasteiger partial charge in [-0.3, -0.25) is 4.79 Å². The molecule has 0 saturated carbocycles. The first kappa shape index (κ1) is 8.66. The number of benzene rings is 1. The van der Waals surface area contributed by atoms with Crippen molar-refractivity contribution in [3.8, 4) is 0 Å². The lowest BCUT2D eigenvalue weighted by Gasteiger charge is -2.02. The Balaban J connectivity index is 2.38. The van der Waals surface area contributed by atoms with Crippen LogP contribution in [-0.4, -0.2) is 12.0 Å². The number of isocyanates is 1. The lowest BCUT2D eigenvalue weighted by atomic mass is 10.1. The van der Waals surface area contributed by atoms with Gasteiger partial charge in [-0.15, -0.1) is 0 Å². The highest BCUT2D eigenvalue weighted by Crippen LogP contribution is 2.26. The SMILES string of the molecule is O=C=NCc1cccc2c1CC(=O)N2. The molecule has 0 saturated heterocycles. The average molecular weight is 188 g/mol. The van der Waals surface area contributed by atoms with Crippen LogP contribution in [0.1, 0.15) is 11.1 Å². The molecule has 0 spiro atoms.